The molecule has 108 valence electrons. The van der Waals surface area contributed by atoms with Gasteiger partial charge in [-0.1, -0.05) is 0 Å². The number of hydrogen-bond acceptors (Lipinski definition) is 5. The van der Waals surface area contributed by atoms with Crippen molar-refractivity contribution in [3.63, 3.8) is 0 Å². The van der Waals surface area contributed by atoms with E-state index in [9.17, 15) is 4.79 Å². The number of ether oxygens (including phenoxy) is 2. The van der Waals surface area contributed by atoms with E-state index in [4.69, 9.17) is 15.2 Å². The van der Waals surface area contributed by atoms with Gasteiger partial charge in [-0.05, 0) is 24.9 Å². The third-order valence-electron chi connectivity index (χ3n) is 2.60. The lowest BCUT2D eigenvalue weighted by Gasteiger charge is -2.25. The van der Waals surface area contributed by atoms with Crippen molar-refractivity contribution in [3.05, 3.63) is 0 Å². The van der Waals surface area contributed by atoms with Crippen molar-refractivity contribution in [2.75, 3.05) is 52.5 Å². The second-order valence-electron chi connectivity index (χ2n) is 4.05. The molecule has 2 N–H and O–H groups in total. The summed E-state index contributed by atoms with van der Waals surface area (Å²) in [5.41, 5.74) is 5.90. The van der Waals surface area contributed by atoms with Gasteiger partial charge in [0.05, 0.1) is 12.6 Å². The first-order valence-electron chi connectivity index (χ1n) is 6.18. The van der Waals surface area contributed by atoms with Crippen molar-refractivity contribution < 1.29 is 14.3 Å². The summed E-state index contributed by atoms with van der Waals surface area (Å²) in [4.78, 5) is 13.9. The molecule has 0 aliphatic carbocycles. The second kappa shape index (κ2) is 11.8. The van der Waals surface area contributed by atoms with Crippen LogP contribution in [0.25, 0.3) is 0 Å². The Balaban J connectivity index is 4.19. The molecule has 1 amide bonds. The van der Waals surface area contributed by atoms with Gasteiger partial charge in [0.2, 0.25) is 5.91 Å². The molecule has 0 saturated heterocycles. The van der Waals surface area contributed by atoms with E-state index in [1.165, 1.54) is 0 Å². The van der Waals surface area contributed by atoms with Crippen molar-refractivity contribution in [1.29, 1.82) is 0 Å². The molecule has 0 spiro atoms. The van der Waals surface area contributed by atoms with Crippen LogP contribution >= 0.6 is 11.8 Å². The van der Waals surface area contributed by atoms with Gasteiger partial charge in [0.1, 0.15) is 0 Å². The highest BCUT2D eigenvalue weighted by Crippen LogP contribution is 2.03. The van der Waals surface area contributed by atoms with Gasteiger partial charge in [-0.3, -0.25) is 4.79 Å². The van der Waals surface area contributed by atoms with Crippen LogP contribution in [0.5, 0.6) is 0 Å². The minimum atomic E-state index is -0.406. The fraction of sp³-hybridized carbons (Fsp3) is 0.917. The van der Waals surface area contributed by atoms with Gasteiger partial charge in [0, 0.05) is 33.9 Å². The smallest absolute Gasteiger partial charge is 0.239 e. The Morgan fingerprint density at radius 1 is 1.28 bits per heavy atom. The number of carbonyl (C=O) groups is 1. The molecule has 0 aromatic heterocycles. The zero-order chi connectivity index (χ0) is 13.8. The Hall–Kier alpha value is -0.300. The predicted molar refractivity (Wildman–Crippen MR) is 75.9 cm³/mol. The molecule has 6 heteroatoms. The maximum Gasteiger partial charge on any atom is 0.239 e. The van der Waals surface area contributed by atoms with Gasteiger partial charge in [-0.2, -0.15) is 11.8 Å². The van der Waals surface area contributed by atoms with E-state index < -0.39 is 6.04 Å². The Morgan fingerprint density at radius 3 is 2.50 bits per heavy atom. The number of thioether (sulfide) groups is 1. The summed E-state index contributed by atoms with van der Waals surface area (Å²) < 4.78 is 10.0. The highest BCUT2D eigenvalue weighted by atomic mass is 32.2. The first-order valence-corrected chi connectivity index (χ1v) is 7.58. The van der Waals surface area contributed by atoms with Crippen LogP contribution in [0.3, 0.4) is 0 Å². The number of carbonyl (C=O) groups excluding carboxylic acids is 1. The number of nitrogens with zero attached hydrogens (tertiary/aromatic N) is 1. The molecule has 0 heterocycles. The Bertz CT molecular complexity index is 217. The van der Waals surface area contributed by atoms with E-state index in [-0.39, 0.29) is 5.91 Å². The molecular formula is C12H26N2O3S. The minimum Gasteiger partial charge on any atom is -0.385 e. The van der Waals surface area contributed by atoms with E-state index in [1.54, 1.807) is 30.9 Å². The molecule has 0 unspecified atom stereocenters. The molecule has 1 atom stereocenters. The van der Waals surface area contributed by atoms with Gasteiger partial charge >= 0.3 is 0 Å². The number of methoxy groups -OCH3 is 2. The molecule has 0 saturated carbocycles. The quantitative estimate of drug-likeness (QED) is 0.560. The van der Waals surface area contributed by atoms with Gasteiger partial charge in [-0.25, -0.2) is 0 Å². The lowest BCUT2D eigenvalue weighted by atomic mass is 10.2. The Morgan fingerprint density at radius 2 is 1.94 bits per heavy atom. The Kier molecular flexibility index (Phi) is 11.6. The lowest BCUT2D eigenvalue weighted by Crippen LogP contribution is -2.46. The first kappa shape index (κ1) is 17.7. The average molecular weight is 278 g/mol. The van der Waals surface area contributed by atoms with E-state index >= 15 is 0 Å². The maximum atomic E-state index is 12.1. The standard InChI is InChI=1S/C12H26N2O3S/c1-16-8-4-6-14(7-9-17-2)12(15)11(13)5-10-18-3/h11H,4-10,13H2,1-3H3/t11-/m1/s1. The van der Waals surface area contributed by atoms with E-state index in [2.05, 4.69) is 0 Å². The molecular weight excluding hydrogens is 252 g/mol. The molecule has 0 bridgehead atoms. The number of rotatable bonds is 11. The van der Waals surface area contributed by atoms with Crippen LogP contribution in [0.15, 0.2) is 0 Å². The monoisotopic (exact) mass is 278 g/mol. The van der Waals surface area contributed by atoms with Crippen molar-refractivity contribution >= 4 is 17.7 Å². The summed E-state index contributed by atoms with van der Waals surface area (Å²) in [6, 6.07) is -0.406. The topological polar surface area (TPSA) is 64.8 Å². The summed E-state index contributed by atoms with van der Waals surface area (Å²) in [5, 5.41) is 0. The maximum absolute atomic E-state index is 12.1. The lowest BCUT2D eigenvalue weighted by molar-refractivity contribution is -0.133. The molecule has 0 aromatic carbocycles. The van der Waals surface area contributed by atoms with Crippen LogP contribution in [0.2, 0.25) is 0 Å². The largest absolute Gasteiger partial charge is 0.385 e. The van der Waals surface area contributed by atoms with Crippen LogP contribution in [0, 0.1) is 0 Å². The number of nitrogens with two attached hydrogens (primary N) is 1. The van der Waals surface area contributed by atoms with Crippen LogP contribution in [-0.2, 0) is 14.3 Å². The SMILES string of the molecule is COCCCN(CCOC)C(=O)[C@H](N)CCSC. The summed E-state index contributed by atoms with van der Waals surface area (Å²) in [6.07, 6.45) is 3.55. The molecule has 0 rings (SSSR count). The molecule has 0 aliphatic rings. The first-order chi connectivity index (χ1) is 8.67. The number of amides is 1. The van der Waals surface area contributed by atoms with Gasteiger partial charge < -0.3 is 20.1 Å². The van der Waals surface area contributed by atoms with Crippen molar-refractivity contribution in [2.45, 2.75) is 18.9 Å². The summed E-state index contributed by atoms with van der Waals surface area (Å²) in [5.74, 6) is 0.917. The van der Waals surface area contributed by atoms with Gasteiger partial charge in [0.15, 0.2) is 0 Å². The fourth-order valence-corrected chi connectivity index (χ4v) is 2.03. The summed E-state index contributed by atoms with van der Waals surface area (Å²) in [6.45, 7) is 2.44. The van der Waals surface area contributed by atoms with E-state index in [0.717, 1.165) is 12.2 Å². The third-order valence-corrected chi connectivity index (χ3v) is 3.25. The minimum absolute atomic E-state index is 0.0113. The van der Waals surface area contributed by atoms with Gasteiger partial charge in [-0.15, -0.1) is 0 Å². The second-order valence-corrected chi connectivity index (χ2v) is 5.04. The normalized spacial score (nSPS) is 12.4. The molecule has 0 fully saturated rings. The van der Waals surface area contributed by atoms with Crippen molar-refractivity contribution in [3.8, 4) is 0 Å². The molecule has 0 aliphatic heterocycles. The van der Waals surface area contributed by atoms with Crippen LogP contribution < -0.4 is 5.73 Å². The van der Waals surface area contributed by atoms with Crippen LogP contribution in [0.4, 0.5) is 0 Å². The molecule has 18 heavy (non-hydrogen) atoms. The Labute approximate surface area is 114 Å². The summed E-state index contributed by atoms with van der Waals surface area (Å²) in [7, 11) is 3.29. The third kappa shape index (κ3) is 7.92. The van der Waals surface area contributed by atoms with Crippen LogP contribution in [0.1, 0.15) is 12.8 Å². The van der Waals surface area contributed by atoms with Crippen molar-refractivity contribution in [2.24, 2.45) is 5.73 Å². The molecule has 0 radical (unpaired) electrons. The average Bonchev–Trinajstić information content (AvgIpc) is 2.39. The number of hydrogen-bond donors (Lipinski definition) is 1. The zero-order valence-corrected chi connectivity index (χ0v) is 12.5. The molecule has 0 aromatic rings. The summed E-state index contributed by atoms with van der Waals surface area (Å²) >= 11 is 1.70. The van der Waals surface area contributed by atoms with Crippen molar-refractivity contribution in [1.82, 2.24) is 4.90 Å². The fourth-order valence-electron chi connectivity index (χ4n) is 1.54. The predicted octanol–water partition coefficient (Wildman–Crippen LogP) is 0.578. The van der Waals surface area contributed by atoms with E-state index in [0.29, 0.717) is 32.7 Å². The molecule has 5 nitrogen and oxygen atoms in total. The highest BCUT2D eigenvalue weighted by Gasteiger charge is 2.19. The zero-order valence-electron chi connectivity index (χ0n) is 11.7. The van der Waals surface area contributed by atoms with Crippen LogP contribution in [-0.4, -0.2) is 69.4 Å². The highest BCUT2D eigenvalue weighted by molar-refractivity contribution is 7.98. The van der Waals surface area contributed by atoms with E-state index in [1.807, 2.05) is 6.26 Å². The van der Waals surface area contributed by atoms with Gasteiger partial charge in [0.25, 0.3) is 0 Å².